The molecule has 1 N–H and O–H groups in total. The predicted octanol–water partition coefficient (Wildman–Crippen LogP) is 1.59. The quantitative estimate of drug-likeness (QED) is 0.710. The van der Waals surface area contributed by atoms with Gasteiger partial charge < -0.3 is 5.32 Å². The maximum Gasteiger partial charge on any atom is 0.152 e. The van der Waals surface area contributed by atoms with Crippen molar-refractivity contribution in [1.29, 1.82) is 0 Å². The molecule has 0 spiro atoms. The lowest BCUT2D eigenvalue weighted by Crippen LogP contribution is -2.30. The molecule has 0 bridgehead atoms. The van der Waals surface area contributed by atoms with Gasteiger partial charge in [0.2, 0.25) is 0 Å². The molecule has 0 saturated carbocycles. The summed E-state index contributed by atoms with van der Waals surface area (Å²) in [4.78, 5) is 0. The summed E-state index contributed by atoms with van der Waals surface area (Å²) in [5.74, 6) is 0.302. The third kappa shape index (κ3) is 4.96. The van der Waals surface area contributed by atoms with Crippen LogP contribution in [-0.4, -0.2) is 32.0 Å². The van der Waals surface area contributed by atoms with Gasteiger partial charge in [-0.05, 0) is 33.2 Å². The van der Waals surface area contributed by atoms with Crippen LogP contribution in [0.2, 0.25) is 0 Å². The Balaban J connectivity index is 4.00. The fourth-order valence-electron chi connectivity index (χ4n) is 1.25. The molecule has 0 aliphatic heterocycles. The lowest BCUT2D eigenvalue weighted by Gasteiger charge is -2.14. The van der Waals surface area contributed by atoms with Crippen LogP contribution >= 0.6 is 0 Å². The summed E-state index contributed by atoms with van der Waals surface area (Å²) in [7, 11) is -2.86. The third-order valence-corrected chi connectivity index (χ3v) is 4.94. The van der Waals surface area contributed by atoms with Crippen LogP contribution in [0, 0.1) is 0 Å². The first kappa shape index (κ1) is 13.9. The predicted molar refractivity (Wildman–Crippen MR) is 61.3 cm³/mol. The second-order valence-corrected chi connectivity index (χ2v) is 6.37. The van der Waals surface area contributed by atoms with Gasteiger partial charge in [0.1, 0.15) is 0 Å². The first-order valence-corrected chi connectivity index (χ1v) is 7.10. The van der Waals surface area contributed by atoms with Crippen molar-refractivity contribution in [3.05, 3.63) is 0 Å². The first-order valence-electron chi connectivity index (χ1n) is 5.39. The van der Waals surface area contributed by atoms with Gasteiger partial charge in [-0.2, -0.15) is 0 Å². The van der Waals surface area contributed by atoms with Crippen LogP contribution < -0.4 is 5.32 Å². The van der Waals surface area contributed by atoms with Gasteiger partial charge in [-0.1, -0.05) is 13.8 Å². The molecular weight excluding hydrogens is 198 g/mol. The van der Waals surface area contributed by atoms with E-state index in [1.807, 2.05) is 20.8 Å². The van der Waals surface area contributed by atoms with Crippen LogP contribution in [-0.2, 0) is 9.84 Å². The Morgan fingerprint density at radius 2 is 1.79 bits per heavy atom. The third-order valence-electron chi connectivity index (χ3n) is 2.58. The summed E-state index contributed by atoms with van der Waals surface area (Å²) in [5, 5.41) is 3.01. The van der Waals surface area contributed by atoms with E-state index in [9.17, 15) is 8.42 Å². The largest absolute Gasteiger partial charge is 0.314 e. The van der Waals surface area contributed by atoms with Crippen LogP contribution in [0.4, 0.5) is 0 Å². The van der Waals surface area contributed by atoms with Crippen molar-refractivity contribution in [2.24, 2.45) is 0 Å². The van der Waals surface area contributed by atoms with Gasteiger partial charge >= 0.3 is 0 Å². The van der Waals surface area contributed by atoms with Crippen LogP contribution in [0.1, 0.15) is 40.5 Å². The van der Waals surface area contributed by atoms with E-state index in [1.165, 1.54) is 0 Å². The van der Waals surface area contributed by atoms with Gasteiger partial charge in [0, 0.05) is 6.04 Å². The molecule has 14 heavy (non-hydrogen) atoms. The number of sulfone groups is 1. The molecule has 0 aromatic rings. The molecule has 0 radical (unpaired) electrons. The average molecular weight is 221 g/mol. The smallest absolute Gasteiger partial charge is 0.152 e. The van der Waals surface area contributed by atoms with Crippen molar-refractivity contribution in [2.45, 2.75) is 51.8 Å². The summed E-state index contributed by atoms with van der Waals surface area (Å²) in [5.41, 5.74) is 0. The van der Waals surface area contributed by atoms with E-state index < -0.39 is 9.84 Å². The second kappa shape index (κ2) is 6.40. The molecule has 0 aromatic heterocycles. The number of rotatable bonds is 7. The molecule has 0 aliphatic carbocycles. The zero-order chi connectivity index (χ0) is 11.2. The highest BCUT2D eigenvalue weighted by Crippen LogP contribution is 2.08. The van der Waals surface area contributed by atoms with Gasteiger partial charge in [-0.15, -0.1) is 0 Å². The molecular formula is C10H23NO2S. The first-order chi connectivity index (χ1) is 6.44. The maximum absolute atomic E-state index is 11.6. The summed E-state index contributed by atoms with van der Waals surface area (Å²) < 4.78 is 23.3. The molecule has 0 saturated heterocycles. The highest BCUT2D eigenvalue weighted by atomic mass is 32.2. The summed E-state index contributed by atoms with van der Waals surface area (Å²) in [6.45, 7) is 8.64. The lowest BCUT2D eigenvalue weighted by atomic mass is 10.3. The molecule has 0 fully saturated rings. The Hall–Kier alpha value is -0.0900. The van der Waals surface area contributed by atoms with Gasteiger partial charge in [-0.25, -0.2) is 8.42 Å². The maximum atomic E-state index is 11.6. The van der Waals surface area contributed by atoms with Crippen molar-refractivity contribution in [2.75, 3.05) is 12.3 Å². The van der Waals surface area contributed by atoms with Crippen LogP contribution in [0.15, 0.2) is 0 Å². The standard InChI is InChI=1S/C10H23NO2S/c1-5-10(4)14(12,13)8-7-9(3)11-6-2/h9-11H,5-8H2,1-4H3. The minimum atomic E-state index is -2.86. The van der Waals surface area contributed by atoms with Crippen LogP contribution in [0.5, 0.6) is 0 Å². The Labute approximate surface area is 88.2 Å². The summed E-state index contributed by atoms with van der Waals surface area (Å²) in [6.07, 6.45) is 1.42. The average Bonchev–Trinajstić information content (AvgIpc) is 2.14. The molecule has 0 aliphatic rings. The highest BCUT2D eigenvalue weighted by Gasteiger charge is 2.19. The zero-order valence-corrected chi connectivity index (χ0v) is 10.5. The lowest BCUT2D eigenvalue weighted by molar-refractivity contribution is 0.536. The normalized spacial score (nSPS) is 16.6. The Bertz CT molecular complexity index is 237. The zero-order valence-electron chi connectivity index (χ0n) is 9.71. The number of nitrogens with one attached hydrogen (secondary N) is 1. The SMILES string of the molecule is CCNC(C)CCS(=O)(=O)C(C)CC. The molecule has 0 rings (SSSR count). The summed E-state index contributed by atoms with van der Waals surface area (Å²) in [6, 6.07) is 0.291. The van der Waals surface area contributed by atoms with Crippen molar-refractivity contribution in [3.63, 3.8) is 0 Å². The molecule has 2 atom stereocenters. The van der Waals surface area contributed by atoms with E-state index in [1.54, 1.807) is 6.92 Å². The van der Waals surface area contributed by atoms with Gasteiger partial charge in [0.25, 0.3) is 0 Å². The number of hydrogen-bond acceptors (Lipinski definition) is 3. The van der Waals surface area contributed by atoms with Crippen LogP contribution in [0.25, 0.3) is 0 Å². The van der Waals surface area contributed by atoms with Crippen molar-refractivity contribution >= 4 is 9.84 Å². The molecule has 0 amide bonds. The minimum Gasteiger partial charge on any atom is -0.314 e. The van der Waals surface area contributed by atoms with E-state index in [2.05, 4.69) is 5.32 Å². The van der Waals surface area contributed by atoms with E-state index in [4.69, 9.17) is 0 Å². The van der Waals surface area contributed by atoms with Gasteiger partial charge in [0.15, 0.2) is 9.84 Å². The highest BCUT2D eigenvalue weighted by molar-refractivity contribution is 7.91. The molecule has 86 valence electrons. The Kier molecular flexibility index (Phi) is 6.36. The monoisotopic (exact) mass is 221 g/mol. The summed E-state index contributed by atoms with van der Waals surface area (Å²) >= 11 is 0. The fraction of sp³-hybridized carbons (Fsp3) is 1.00. The molecule has 0 heterocycles. The fourth-order valence-corrected chi connectivity index (χ4v) is 2.84. The Morgan fingerprint density at radius 1 is 1.21 bits per heavy atom. The topological polar surface area (TPSA) is 46.2 Å². The minimum absolute atomic E-state index is 0.198. The van der Waals surface area contributed by atoms with Crippen molar-refractivity contribution in [3.8, 4) is 0 Å². The van der Waals surface area contributed by atoms with E-state index in [0.717, 1.165) is 6.54 Å². The molecule has 0 aromatic carbocycles. The van der Waals surface area contributed by atoms with E-state index >= 15 is 0 Å². The molecule has 4 heteroatoms. The molecule has 3 nitrogen and oxygen atoms in total. The molecule has 2 unspecified atom stereocenters. The van der Waals surface area contributed by atoms with Gasteiger partial charge in [-0.3, -0.25) is 0 Å². The van der Waals surface area contributed by atoms with Gasteiger partial charge in [0.05, 0.1) is 11.0 Å². The van der Waals surface area contributed by atoms with Crippen molar-refractivity contribution < 1.29 is 8.42 Å². The van der Waals surface area contributed by atoms with E-state index in [0.29, 0.717) is 24.6 Å². The Morgan fingerprint density at radius 3 is 2.21 bits per heavy atom. The van der Waals surface area contributed by atoms with E-state index in [-0.39, 0.29) is 5.25 Å². The van der Waals surface area contributed by atoms with Crippen LogP contribution in [0.3, 0.4) is 0 Å². The second-order valence-electron chi connectivity index (χ2n) is 3.83. The van der Waals surface area contributed by atoms with Crippen molar-refractivity contribution in [1.82, 2.24) is 5.32 Å². The number of hydrogen-bond donors (Lipinski definition) is 1.